The summed E-state index contributed by atoms with van der Waals surface area (Å²) in [6, 6.07) is 5.53. The molecular formula is C17H11F8NaO3S2. The number of thioether (sulfide) groups is 1. The first kappa shape index (κ1) is 28.2. The van der Waals surface area contributed by atoms with Gasteiger partial charge in [0.25, 0.3) is 0 Å². The maximum Gasteiger partial charge on any atom is 1.00 e. The number of aryl methyl sites for hydroxylation is 2. The fourth-order valence-electron chi connectivity index (χ4n) is 2.20. The number of ether oxygens (including phenoxy) is 1. The molecule has 31 heavy (non-hydrogen) atoms. The van der Waals surface area contributed by atoms with Gasteiger partial charge in [-0.05, 0) is 37.2 Å². The van der Waals surface area contributed by atoms with Crippen LogP contribution in [0.1, 0.15) is 11.1 Å². The monoisotopic (exact) mass is 502 g/mol. The summed E-state index contributed by atoms with van der Waals surface area (Å²) in [5, 5.41) is -12.1. The minimum absolute atomic E-state index is 0. The maximum atomic E-state index is 14.1. The van der Waals surface area contributed by atoms with Crippen molar-refractivity contribution in [3.63, 3.8) is 0 Å². The summed E-state index contributed by atoms with van der Waals surface area (Å²) in [7, 11) is 0. The van der Waals surface area contributed by atoms with E-state index in [-0.39, 0.29) is 35.3 Å². The third-order valence-electron chi connectivity index (χ3n) is 3.70. The molecule has 0 aliphatic rings. The summed E-state index contributed by atoms with van der Waals surface area (Å²) >= 11 is -6.50. The SMILES string of the molecule is Cc1ccc(Oc2cc(F)c(SC(F)(F)C(F)(F)C(F)(F)S(=O)[O-])c(F)c2)c(C)c1.[Na+]. The Bertz CT molecular complexity index is 965. The van der Waals surface area contributed by atoms with Crippen molar-refractivity contribution in [1.82, 2.24) is 0 Å². The summed E-state index contributed by atoms with van der Waals surface area (Å²) in [4.78, 5) is -1.72. The number of hydrogen-bond donors (Lipinski definition) is 0. The van der Waals surface area contributed by atoms with Crippen molar-refractivity contribution in [1.29, 1.82) is 0 Å². The molecule has 0 bridgehead atoms. The molecule has 2 aromatic rings. The molecule has 3 nitrogen and oxygen atoms in total. The first-order chi connectivity index (χ1) is 13.6. The number of benzene rings is 2. The molecule has 1 unspecified atom stereocenters. The van der Waals surface area contributed by atoms with Crippen LogP contribution in [-0.4, -0.2) is 25.2 Å². The van der Waals surface area contributed by atoms with Crippen LogP contribution in [0.4, 0.5) is 35.1 Å². The van der Waals surface area contributed by atoms with Gasteiger partial charge in [-0.3, -0.25) is 4.21 Å². The Morgan fingerprint density at radius 2 is 1.48 bits per heavy atom. The molecule has 0 spiro atoms. The smallest absolute Gasteiger partial charge is 0.768 e. The summed E-state index contributed by atoms with van der Waals surface area (Å²) < 4.78 is 134. The fraction of sp³-hybridized carbons (Fsp3) is 0.294. The van der Waals surface area contributed by atoms with E-state index in [9.17, 15) is 43.9 Å². The third-order valence-corrected chi connectivity index (χ3v) is 5.48. The number of rotatable bonds is 7. The van der Waals surface area contributed by atoms with Gasteiger partial charge in [-0.1, -0.05) is 17.7 Å². The largest absolute Gasteiger partial charge is 1.00 e. The normalized spacial score (nSPS) is 13.5. The Morgan fingerprint density at radius 3 is 1.94 bits per heavy atom. The van der Waals surface area contributed by atoms with Crippen LogP contribution < -0.4 is 34.3 Å². The van der Waals surface area contributed by atoms with E-state index in [0.717, 1.165) is 5.56 Å². The average Bonchev–Trinajstić information content (AvgIpc) is 2.60. The average molecular weight is 502 g/mol. The quantitative estimate of drug-likeness (QED) is 0.253. The van der Waals surface area contributed by atoms with Crippen molar-refractivity contribution in [2.75, 3.05) is 0 Å². The van der Waals surface area contributed by atoms with E-state index in [4.69, 9.17) is 4.74 Å². The van der Waals surface area contributed by atoms with E-state index in [1.165, 1.54) is 6.07 Å². The minimum Gasteiger partial charge on any atom is -0.768 e. The van der Waals surface area contributed by atoms with Gasteiger partial charge >= 0.3 is 46.0 Å². The first-order valence-electron chi connectivity index (χ1n) is 7.76. The number of hydrogen-bond acceptors (Lipinski definition) is 4. The van der Waals surface area contributed by atoms with E-state index in [1.807, 2.05) is 0 Å². The minimum atomic E-state index is -6.47. The Hall–Kier alpha value is -0.860. The van der Waals surface area contributed by atoms with Crippen molar-refractivity contribution in [3.8, 4) is 11.5 Å². The molecule has 0 radical (unpaired) electrons. The number of halogens is 8. The molecule has 0 fully saturated rings. The zero-order valence-corrected chi connectivity index (χ0v) is 19.6. The van der Waals surface area contributed by atoms with Gasteiger partial charge in [-0.15, -0.1) is 0 Å². The molecular weight excluding hydrogens is 491 g/mol. The van der Waals surface area contributed by atoms with E-state index >= 15 is 0 Å². The Balaban J connectivity index is 0.00000480. The molecule has 0 heterocycles. The van der Waals surface area contributed by atoms with E-state index in [1.54, 1.807) is 26.0 Å². The predicted octanol–water partition coefficient (Wildman–Crippen LogP) is 3.17. The maximum absolute atomic E-state index is 14.1. The molecule has 0 aromatic heterocycles. The van der Waals surface area contributed by atoms with Crippen LogP contribution in [-0.2, 0) is 11.1 Å². The van der Waals surface area contributed by atoms with Crippen LogP contribution in [0, 0.1) is 25.5 Å². The first-order valence-corrected chi connectivity index (χ1v) is 9.65. The van der Waals surface area contributed by atoms with Crippen LogP contribution in [0.2, 0.25) is 0 Å². The molecule has 2 aromatic carbocycles. The third kappa shape index (κ3) is 5.74. The standard InChI is InChI=1S/C17H12F8O3S2.Na/c1-8-3-4-13(9(2)5-8)28-10-6-11(18)14(12(19)7-10)29-16(22,23)15(20,21)17(24,25)30(26)27;/h3-7H,1-2H3,(H,26,27);/q;+1/p-1. The van der Waals surface area contributed by atoms with Crippen molar-refractivity contribution in [2.45, 2.75) is 35.2 Å². The molecule has 0 N–H and O–H groups in total. The van der Waals surface area contributed by atoms with Crippen molar-refractivity contribution in [3.05, 3.63) is 53.1 Å². The van der Waals surface area contributed by atoms with Crippen molar-refractivity contribution < 1.29 is 78.2 Å². The molecule has 0 aliphatic carbocycles. The van der Waals surface area contributed by atoms with Crippen LogP contribution in [0.15, 0.2) is 35.2 Å². The van der Waals surface area contributed by atoms with Gasteiger partial charge < -0.3 is 9.29 Å². The summed E-state index contributed by atoms with van der Waals surface area (Å²) in [5.74, 6) is -10.4. The summed E-state index contributed by atoms with van der Waals surface area (Å²) in [5.41, 5.74) is 1.41. The van der Waals surface area contributed by atoms with E-state index in [2.05, 4.69) is 0 Å². The Labute approximate surface area is 200 Å². The second kappa shape index (κ2) is 9.96. The van der Waals surface area contributed by atoms with Crippen LogP contribution >= 0.6 is 11.8 Å². The van der Waals surface area contributed by atoms with Crippen LogP contribution in [0.5, 0.6) is 11.5 Å². The summed E-state index contributed by atoms with van der Waals surface area (Å²) in [6.07, 6.45) is 0. The second-order valence-corrected chi connectivity index (χ2v) is 8.14. The molecule has 2 rings (SSSR count). The van der Waals surface area contributed by atoms with Gasteiger partial charge in [0.2, 0.25) is 0 Å². The number of alkyl halides is 6. The molecule has 166 valence electrons. The molecule has 14 heteroatoms. The fourth-order valence-corrected chi connectivity index (χ4v) is 3.43. The summed E-state index contributed by atoms with van der Waals surface area (Å²) in [6.45, 7) is 3.38. The predicted molar refractivity (Wildman–Crippen MR) is 92.0 cm³/mol. The molecule has 0 amide bonds. The van der Waals surface area contributed by atoms with E-state index < -0.39 is 61.6 Å². The van der Waals surface area contributed by atoms with Crippen molar-refractivity contribution >= 4 is 22.8 Å². The van der Waals surface area contributed by atoms with Gasteiger partial charge in [0.15, 0.2) is 0 Å². The van der Waals surface area contributed by atoms with Gasteiger partial charge in [0.05, 0.1) is 4.90 Å². The topological polar surface area (TPSA) is 49.4 Å². The molecule has 0 saturated heterocycles. The van der Waals surface area contributed by atoms with Crippen LogP contribution in [0.3, 0.4) is 0 Å². The van der Waals surface area contributed by atoms with Gasteiger partial charge in [0.1, 0.15) is 23.1 Å². The van der Waals surface area contributed by atoms with Gasteiger partial charge in [-0.25, -0.2) is 8.78 Å². The Kier molecular flexibility index (Phi) is 9.05. The zero-order chi connectivity index (χ0) is 23.1. The van der Waals surface area contributed by atoms with Gasteiger partial charge in [0, 0.05) is 23.2 Å². The molecule has 0 saturated carbocycles. The van der Waals surface area contributed by atoms with Gasteiger partial charge in [-0.2, -0.15) is 26.3 Å². The molecule has 1 atom stereocenters. The van der Waals surface area contributed by atoms with E-state index in [0.29, 0.717) is 17.7 Å². The van der Waals surface area contributed by atoms with Crippen molar-refractivity contribution in [2.24, 2.45) is 0 Å². The Morgan fingerprint density at radius 1 is 0.968 bits per heavy atom. The molecule has 0 aliphatic heterocycles. The second-order valence-electron chi connectivity index (χ2n) is 6.03. The zero-order valence-electron chi connectivity index (χ0n) is 16.0. The van der Waals surface area contributed by atoms with Crippen LogP contribution in [0.25, 0.3) is 0 Å².